The second-order valence-corrected chi connectivity index (χ2v) is 8.05. The number of nitrogens with zero attached hydrogens (tertiary/aromatic N) is 2. The van der Waals surface area contributed by atoms with Crippen LogP contribution < -0.4 is 5.32 Å². The molecule has 0 radical (unpaired) electrons. The molecule has 0 bridgehead atoms. The summed E-state index contributed by atoms with van der Waals surface area (Å²) in [5.74, 6) is 0.0943. The Morgan fingerprint density at radius 1 is 1.08 bits per heavy atom. The van der Waals surface area contributed by atoms with Crippen LogP contribution in [0.1, 0.15) is 21.7 Å². The number of carbonyl (C=O) groups is 2. The molecule has 1 aromatic carbocycles. The van der Waals surface area contributed by atoms with Crippen LogP contribution in [0.5, 0.6) is 0 Å². The number of hydrogen-bond acceptors (Lipinski definition) is 4. The van der Waals surface area contributed by atoms with Gasteiger partial charge in [-0.15, -0.1) is 11.3 Å². The summed E-state index contributed by atoms with van der Waals surface area (Å²) in [6.07, 6.45) is 0.876. The maximum atomic E-state index is 12.6. The molecule has 2 heterocycles. The normalized spacial score (nSPS) is 15.5. The Labute approximate surface area is 166 Å². The van der Waals surface area contributed by atoms with E-state index < -0.39 is 0 Å². The molecule has 138 valence electrons. The number of benzene rings is 1. The number of nitrogens with one attached hydrogen (secondary N) is 1. The van der Waals surface area contributed by atoms with Crippen molar-refractivity contribution in [3.8, 4) is 0 Å². The largest absolute Gasteiger partial charge is 0.351 e. The van der Waals surface area contributed by atoms with Crippen LogP contribution in [-0.2, 0) is 11.3 Å². The van der Waals surface area contributed by atoms with Gasteiger partial charge in [0.2, 0.25) is 5.91 Å². The maximum Gasteiger partial charge on any atom is 0.265 e. The lowest BCUT2D eigenvalue weighted by atomic mass is 10.2. The summed E-state index contributed by atoms with van der Waals surface area (Å²) in [5, 5.41) is 4.88. The van der Waals surface area contributed by atoms with E-state index in [1.807, 2.05) is 46.7 Å². The minimum atomic E-state index is 0.0228. The van der Waals surface area contributed by atoms with Crippen LogP contribution in [-0.4, -0.2) is 54.3 Å². The van der Waals surface area contributed by atoms with Crippen molar-refractivity contribution in [2.75, 3.05) is 32.7 Å². The van der Waals surface area contributed by atoms with Gasteiger partial charge >= 0.3 is 0 Å². The van der Waals surface area contributed by atoms with Gasteiger partial charge in [0.15, 0.2) is 0 Å². The molecule has 3 rings (SSSR count). The lowest BCUT2D eigenvalue weighted by Crippen LogP contribution is -2.39. The van der Waals surface area contributed by atoms with Gasteiger partial charge in [0.05, 0.1) is 6.54 Å². The van der Waals surface area contributed by atoms with E-state index in [1.165, 1.54) is 11.3 Å². The molecule has 1 aliphatic heterocycles. The molecule has 0 aliphatic carbocycles. The molecule has 1 aliphatic rings. The van der Waals surface area contributed by atoms with Gasteiger partial charge in [0, 0.05) is 37.2 Å². The summed E-state index contributed by atoms with van der Waals surface area (Å²) >= 11 is 4.89. The zero-order chi connectivity index (χ0) is 18.4. The average molecular weight is 436 g/mol. The molecule has 5 nitrogen and oxygen atoms in total. The topological polar surface area (TPSA) is 52.7 Å². The number of rotatable bonds is 5. The third-order valence-electron chi connectivity index (χ3n) is 4.39. The summed E-state index contributed by atoms with van der Waals surface area (Å²) in [6.45, 7) is 3.84. The van der Waals surface area contributed by atoms with Crippen LogP contribution in [0.25, 0.3) is 0 Å². The quantitative estimate of drug-likeness (QED) is 0.784. The summed E-state index contributed by atoms with van der Waals surface area (Å²) in [4.78, 5) is 29.6. The van der Waals surface area contributed by atoms with E-state index in [9.17, 15) is 9.59 Å². The van der Waals surface area contributed by atoms with E-state index in [0.717, 1.165) is 34.4 Å². The van der Waals surface area contributed by atoms with Gasteiger partial charge in [-0.3, -0.25) is 14.5 Å². The first-order chi connectivity index (χ1) is 12.6. The van der Waals surface area contributed by atoms with Gasteiger partial charge in [-0.05, 0) is 39.4 Å². The molecule has 2 amide bonds. The molecular weight excluding hydrogens is 414 g/mol. The number of carbonyl (C=O) groups excluding carboxylic acids is 2. The van der Waals surface area contributed by atoms with E-state index in [2.05, 4.69) is 26.1 Å². The average Bonchev–Trinajstić information content (AvgIpc) is 2.94. The highest BCUT2D eigenvalue weighted by molar-refractivity contribution is 9.10. The van der Waals surface area contributed by atoms with E-state index in [1.54, 1.807) is 0 Å². The molecule has 0 saturated carbocycles. The van der Waals surface area contributed by atoms with Crippen molar-refractivity contribution >= 4 is 39.1 Å². The lowest BCUT2D eigenvalue weighted by Gasteiger charge is -2.21. The molecule has 0 unspecified atom stereocenters. The second kappa shape index (κ2) is 9.30. The number of thiophene rings is 1. The minimum absolute atomic E-state index is 0.0228. The first-order valence-electron chi connectivity index (χ1n) is 8.69. The van der Waals surface area contributed by atoms with Gasteiger partial charge in [0.1, 0.15) is 4.88 Å². The monoisotopic (exact) mass is 435 g/mol. The fraction of sp³-hybridized carbons (Fsp3) is 0.368. The molecule has 7 heteroatoms. The molecule has 1 N–H and O–H groups in total. The van der Waals surface area contributed by atoms with Crippen molar-refractivity contribution in [1.29, 1.82) is 0 Å². The Bertz CT molecular complexity index is 750. The molecular formula is C19H22BrN3O2S. The highest BCUT2D eigenvalue weighted by Crippen LogP contribution is 2.24. The number of hydrogen-bond donors (Lipinski definition) is 1. The third-order valence-corrected chi connectivity index (χ3v) is 6.21. The fourth-order valence-electron chi connectivity index (χ4n) is 2.98. The van der Waals surface area contributed by atoms with Crippen molar-refractivity contribution in [3.63, 3.8) is 0 Å². The SMILES string of the molecule is O=C(CN1CCCN(C(=O)c2sccc2Br)CC1)NCc1ccccc1. The van der Waals surface area contributed by atoms with Crippen LogP contribution in [0, 0.1) is 0 Å². The fourth-order valence-corrected chi connectivity index (χ4v) is 4.49. The molecule has 2 aromatic rings. The van der Waals surface area contributed by atoms with Crippen molar-refractivity contribution < 1.29 is 9.59 Å². The standard InChI is InChI=1S/C19H22BrN3O2S/c20-16-7-12-26-18(16)19(25)23-9-4-8-22(10-11-23)14-17(24)21-13-15-5-2-1-3-6-15/h1-3,5-7,12H,4,8-11,13-14H2,(H,21,24). The summed E-state index contributed by atoms with van der Waals surface area (Å²) in [6, 6.07) is 11.8. The predicted octanol–water partition coefficient (Wildman–Crippen LogP) is 2.97. The van der Waals surface area contributed by atoms with Gasteiger partial charge in [-0.25, -0.2) is 0 Å². The highest BCUT2D eigenvalue weighted by Gasteiger charge is 2.23. The second-order valence-electron chi connectivity index (χ2n) is 6.28. The van der Waals surface area contributed by atoms with Crippen LogP contribution in [0.4, 0.5) is 0 Å². The third kappa shape index (κ3) is 5.16. The van der Waals surface area contributed by atoms with E-state index >= 15 is 0 Å². The zero-order valence-electron chi connectivity index (χ0n) is 14.5. The van der Waals surface area contributed by atoms with Crippen LogP contribution in [0.2, 0.25) is 0 Å². The highest BCUT2D eigenvalue weighted by atomic mass is 79.9. The van der Waals surface area contributed by atoms with Crippen molar-refractivity contribution in [2.24, 2.45) is 0 Å². The van der Waals surface area contributed by atoms with Crippen molar-refractivity contribution in [3.05, 3.63) is 56.7 Å². The van der Waals surface area contributed by atoms with Crippen LogP contribution in [0.3, 0.4) is 0 Å². The van der Waals surface area contributed by atoms with Crippen LogP contribution in [0.15, 0.2) is 46.3 Å². The van der Waals surface area contributed by atoms with Gasteiger partial charge in [0.25, 0.3) is 5.91 Å². The Hall–Kier alpha value is -1.70. The minimum Gasteiger partial charge on any atom is -0.351 e. The Balaban J connectivity index is 1.47. The number of halogens is 1. The maximum absolute atomic E-state index is 12.6. The van der Waals surface area contributed by atoms with Crippen molar-refractivity contribution in [1.82, 2.24) is 15.1 Å². The van der Waals surface area contributed by atoms with Crippen molar-refractivity contribution in [2.45, 2.75) is 13.0 Å². The molecule has 1 saturated heterocycles. The molecule has 26 heavy (non-hydrogen) atoms. The molecule has 1 fully saturated rings. The van der Waals surface area contributed by atoms with Crippen LogP contribution >= 0.6 is 27.3 Å². The molecule has 0 spiro atoms. The van der Waals surface area contributed by atoms with Gasteiger partial charge < -0.3 is 10.2 Å². The predicted molar refractivity (Wildman–Crippen MR) is 107 cm³/mol. The first kappa shape index (κ1) is 19.1. The lowest BCUT2D eigenvalue weighted by molar-refractivity contribution is -0.122. The Morgan fingerprint density at radius 3 is 2.62 bits per heavy atom. The Kier molecular flexibility index (Phi) is 6.82. The number of amides is 2. The summed E-state index contributed by atoms with van der Waals surface area (Å²) in [5.41, 5.74) is 1.09. The molecule has 0 atom stereocenters. The summed E-state index contributed by atoms with van der Waals surface area (Å²) in [7, 11) is 0. The van der Waals surface area contributed by atoms with Gasteiger partial charge in [-0.1, -0.05) is 30.3 Å². The van der Waals surface area contributed by atoms with E-state index in [4.69, 9.17) is 0 Å². The van der Waals surface area contributed by atoms with Gasteiger partial charge in [-0.2, -0.15) is 0 Å². The smallest absolute Gasteiger partial charge is 0.265 e. The summed E-state index contributed by atoms with van der Waals surface area (Å²) < 4.78 is 0.855. The molecule has 1 aromatic heterocycles. The Morgan fingerprint density at radius 2 is 1.88 bits per heavy atom. The van der Waals surface area contributed by atoms with E-state index in [0.29, 0.717) is 26.2 Å². The first-order valence-corrected chi connectivity index (χ1v) is 10.4. The van der Waals surface area contributed by atoms with E-state index in [-0.39, 0.29) is 11.8 Å². The zero-order valence-corrected chi connectivity index (χ0v) is 16.9.